The van der Waals surface area contributed by atoms with Crippen LogP contribution in [-0.2, 0) is 27.3 Å². The summed E-state index contributed by atoms with van der Waals surface area (Å²) in [5.74, 6) is 0.592. The van der Waals surface area contributed by atoms with Crippen LogP contribution in [0.2, 0.25) is 0 Å². The van der Waals surface area contributed by atoms with Crippen molar-refractivity contribution >= 4 is 17.2 Å². The van der Waals surface area contributed by atoms with Gasteiger partial charge in [0.1, 0.15) is 36.6 Å². The van der Waals surface area contributed by atoms with Gasteiger partial charge in [-0.3, -0.25) is 4.79 Å². The second-order valence-electron chi connectivity index (χ2n) is 8.42. The van der Waals surface area contributed by atoms with Crippen molar-refractivity contribution in [2.75, 3.05) is 7.11 Å². The maximum atomic E-state index is 13.1. The Kier molecular flexibility index (Phi) is 7.13. The van der Waals surface area contributed by atoms with Gasteiger partial charge in [-0.2, -0.15) is 13.2 Å². The van der Waals surface area contributed by atoms with Gasteiger partial charge in [0.05, 0.1) is 12.0 Å². The number of halogens is 3. The van der Waals surface area contributed by atoms with E-state index in [4.69, 9.17) is 18.9 Å². The molecule has 8 nitrogen and oxygen atoms in total. The molecule has 0 atom stereocenters. The van der Waals surface area contributed by atoms with Gasteiger partial charge in [-0.25, -0.2) is 0 Å². The first-order valence-corrected chi connectivity index (χ1v) is 11.7. The van der Waals surface area contributed by atoms with Gasteiger partial charge in [0, 0.05) is 22.8 Å². The minimum Gasteiger partial charge on any atom is -0.457 e. The molecule has 5 rings (SSSR count). The number of ether oxygens (including phenoxy) is 1. The number of hydrogen-bond acceptors (Lipinski definition) is 8. The Morgan fingerprint density at radius 3 is 2.33 bits per heavy atom. The monoisotopic (exact) mass is 535 g/mol. The topological polar surface area (TPSA) is 95.5 Å². The number of carbonyl (C=O) groups is 1. The van der Waals surface area contributed by atoms with Crippen LogP contribution in [0.3, 0.4) is 0 Å². The summed E-state index contributed by atoms with van der Waals surface area (Å²) in [4.78, 5) is 23.5. The van der Waals surface area contributed by atoms with Crippen molar-refractivity contribution in [1.29, 1.82) is 0 Å². The summed E-state index contributed by atoms with van der Waals surface area (Å²) >= 11 is 0. The summed E-state index contributed by atoms with van der Waals surface area (Å²) in [6.07, 6.45) is -4.58. The highest BCUT2D eigenvalue weighted by Crippen LogP contribution is 2.32. The lowest BCUT2D eigenvalue weighted by molar-refractivity contribution is -0.137. The number of carbonyl (C=O) groups excluding carboxylic acids is 1. The van der Waals surface area contributed by atoms with Gasteiger partial charge < -0.3 is 18.9 Å². The molecule has 0 N–H and O–H groups in total. The van der Waals surface area contributed by atoms with Crippen molar-refractivity contribution < 1.29 is 36.9 Å². The van der Waals surface area contributed by atoms with Crippen LogP contribution in [0.1, 0.15) is 28.9 Å². The quantitative estimate of drug-likeness (QED) is 0.275. The van der Waals surface area contributed by atoms with Crippen molar-refractivity contribution in [3.8, 4) is 22.8 Å². The van der Waals surface area contributed by atoms with E-state index in [0.717, 1.165) is 17.7 Å². The van der Waals surface area contributed by atoms with Crippen LogP contribution >= 0.6 is 0 Å². The highest BCUT2D eigenvalue weighted by atomic mass is 19.4. The van der Waals surface area contributed by atoms with Gasteiger partial charge in [-0.1, -0.05) is 39.7 Å². The first kappa shape index (κ1) is 25.7. The summed E-state index contributed by atoms with van der Waals surface area (Å²) in [5, 5.41) is 12.1. The molecule has 0 saturated carbocycles. The zero-order valence-corrected chi connectivity index (χ0v) is 20.4. The minimum absolute atomic E-state index is 0.108. The Hall–Kier alpha value is -4.93. The number of ketones is 1. The molecular weight excluding hydrogens is 515 g/mol. The van der Waals surface area contributed by atoms with Gasteiger partial charge in [-0.15, -0.1) is 0 Å². The van der Waals surface area contributed by atoms with Crippen molar-refractivity contribution in [3.05, 3.63) is 101 Å². The second kappa shape index (κ2) is 10.8. The molecule has 0 unspecified atom stereocenters. The summed E-state index contributed by atoms with van der Waals surface area (Å²) < 4.78 is 49.4. The molecule has 3 aromatic carbocycles. The van der Waals surface area contributed by atoms with Crippen molar-refractivity contribution in [2.45, 2.75) is 19.2 Å². The fourth-order valence-corrected chi connectivity index (χ4v) is 3.89. The average molecular weight is 535 g/mol. The number of fused-ring (bicyclic) bond motifs is 1. The van der Waals surface area contributed by atoms with Crippen LogP contribution in [0, 0.1) is 0 Å². The van der Waals surface area contributed by atoms with E-state index in [2.05, 4.69) is 15.5 Å². The fraction of sp³-hybridized carbons (Fsp3) is 0.143. The molecule has 0 bridgehead atoms. The summed E-state index contributed by atoms with van der Waals surface area (Å²) in [6, 6.07) is 20.0. The summed E-state index contributed by atoms with van der Waals surface area (Å²) in [5.41, 5.74) is 2.09. The Bertz CT molecular complexity index is 1540. The molecule has 1 aliphatic heterocycles. The zero-order chi connectivity index (χ0) is 27.4. The standard InChI is InChI=1S/C28H20F3N3O5/c1-36-34-27-22-5-3-2-4-18(22)16-37-32-24(14-25(27)35)26-15-23(33-39-26)17-6-10-20(11-7-17)38-21-12-8-19(9-13-21)28(29,30)31/h2-13,15H,14,16H2,1H3/b32-24+,34-27-. The molecule has 198 valence electrons. The molecule has 4 aromatic rings. The van der Waals surface area contributed by atoms with E-state index in [-0.39, 0.29) is 41.7 Å². The Balaban J connectivity index is 1.32. The van der Waals surface area contributed by atoms with Crippen LogP contribution in [0.4, 0.5) is 13.2 Å². The summed E-state index contributed by atoms with van der Waals surface area (Å²) in [7, 11) is 1.36. The van der Waals surface area contributed by atoms with Crippen LogP contribution in [-0.4, -0.2) is 29.5 Å². The van der Waals surface area contributed by atoms with Gasteiger partial charge in [0.15, 0.2) is 17.3 Å². The lowest BCUT2D eigenvalue weighted by Gasteiger charge is -2.09. The molecule has 0 aliphatic carbocycles. The van der Waals surface area contributed by atoms with E-state index in [1.807, 2.05) is 12.1 Å². The third kappa shape index (κ3) is 5.82. The number of oxime groups is 2. The Labute approximate surface area is 220 Å². The van der Waals surface area contributed by atoms with Gasteiger partial charge >= 0.3 is 6.18 Å². The molecule has 11 heteroatoms. The lowest BCUT2D eigenvalue weighted by atomic mass is 9.97. The molecule has 1 aliphatic rings. The lowest BCUT2D eigenvalue weighted by Crippen LogP contribution is -2.20. The van der Waals surface area contributed by atoms with Crippen molar-refractivity contribution in [3.63, 3.8) is 0 Å². The second-order valence-corrected chi connectivity index (χ2v) is 8.42. The highest BCUT2D eigenvalue weighted by Gasteiger charge is 2.30. The van der Waals surface area contributed by atoms with E-state index in [1.165, 1.54) is 19.2 Å². The predicted octanol–water partition coefficient (Wildman–Crippen LogP) is 6.40. The maximum absolute atomic E-state index is 13.1. The van der Waals surface area contributed by atoms with E-state index < -0.39 is 11.7 Å². The summed E-state index contributed by atoms with van der Waals surface area (Å²) in [6.45, 7) is 0.108. The highest BCUT2D eigenvalue weighted by molar-refractivity contribution is 6.49. The van der Waals surface area contributed by atoms with E-state index in [9.17, 15) is 18.0 Å². The zero-order valence-electron chi connectivity index (χ0n) is 20.4. The third-order valence-corrected chi connectivity index (χ3v) is 5.80. The van der Waals surface area contributed by atoms with Crippen LogP contribution in [0.15, 0.2) is 93.7 Å². The molecule has 0 amide bonds. The van der Waals surface area contributed by atoms with Crippen LogP contribution in [0.25, 0.3) is 11.3 Å². The number of aromatic nitrogens is 1. The number of alkyl halides is 3. The molecule has 1 aromatic heterocycles. The van der Waals surface area contributed by atoms with Crippen LogP contribution < -0.4 is 4.74 Å². The van der Waals surface area contributed by atoms with Gasteiger partial charge in [-0.05, 0) is 48.5 Å². The molecule has 0 spiro atoms. The SMILES string of the molecule is CO/N=C1\C(=O)C/C(c2cc(-c3ccc(Oc4ccc(C(F)(F)F)cc4)cc3)no2)=N\OCc2ccccc21. The Morgan fingerprint density at radius 2 is 1.64 bits per heavy atom. The normalized spacial score (nSPS) is 16.3. The molecule has 0 radical (unpaired) electrons. The predicted molar refractivity (Wildman–Crippen MR) is 134 cm³/mol. The largest absolute Gasteiger partial charge is 0.457 e. The van der Waals surface area contributed by atoms with E-state index >= 15 is 0 Å². The first-order chi connectivity index (χ1) is 18.8. The fourth-order valence-electron chi connectivity index (χ4n) is 3.89. The molecule has 39 heavy (non-hydrogen) atoms. The van der Waals surface area contributed by atoms with Gasteiger partial charge in [0.2, 0.25) is 0 Å². The minimum atomic E-state index is -4.42. The third-order valence-electron chi connectivity index (χ3n) is 5.80. The molecular formula is C28H20F3N3O5. The van der Waals surface area contributed by atoms with Gasteiger partial charge in [0.25, 0.3) is 0 Å². The number of nitrogens with zero attached hydrogens (tertiary/aromatic N) is 3. The molecule has 0 saturated heterocycles. The van der Waals surface area contributed by atoms with Crippen molar-refractivity contribution in [2.24, 2.45) is 10.3 Å². The maximum Gasteiger partial charge on any atom is 0.416 e. The average Bonchev–Trinajstić information content (AvgIpc) is 3.43. The van der Waals surface area contributed by atoms with E-state index in [1.54, 1.807) is 42.5 Å². The Morgan fingerprint density at radius 1 is 0.949 bits per heavy atom. The number of Topliss-reactive ketones (excluding diaryl/α,β-unsaturated/α-hetero) is 1. The smallest absolute Gasteiger partial charge is 0.416 e. The first-order valence-electron chi connectivity index (χ1n) is 11.7. The molecule has 2 heterocycles. The number of benzene rings is 3. The van der Waals surface area contributed by atoms with Crippen molar-refractivity contribution in [1.82, 2.24) is 5.16 Å². The molecule has 0 fully saturated rings. The number of hydrogen-bond donors (Lipinski definition) is 0. The van der Waals surface area contributed by atoms with E-state index in [0.29, 0.717) is 22.6 Å². The number of rotatable bonds is 5. The van der Waals surface area contributed by atoms with Crippen LogP contribution in [0.5, 0.6) is 11.5 Å².